The number of hydrogen-bond acceptors (Lipinski definition) is 2. The van der Waals surface area contributed by atoms with Gasteiger partial charge in [0.1, 0.15) is 5.65 Å². The summed E-state index contributed by atoms with van der Waals surface area (Å²) in [7, 11) is 0. The van der Waals surface area contributed by atoms with E-state index < -0.39 is 0 Å². The Kier molecular flexibility index (Phi) is 2.50. The summed E-state index contributed by atoms with van der Waals surface area (Å²) in [5, 5.41) is 1.14. The molecule has 4 aromatic rings. The van der Waals surface area contributed by atoms with Gasteiger partial charge in [0.15, 0.2) is 0 Å². The van der Waals surface area contributed by atoms with Gasteiger partial charge in [0.05, 0.1) is 11.4 Å². The van der Waals surface area contributed by atoms with E-state index in [9.17, 15) is 0 Å². The monoisotopic (exact) mass is 295 g/mol. The first-order valence-electron chi connectivity index (χ1n) is 7.62. The molecule has 2 aromatic heterocycles. The minimum Gasteiger partial charge on any atom is -0.345 e. The van der Waals surface area contributed by atoms with Crippen molar-refractivity contribution >= 4 is 22.4 Å². The van der Waals surface area contributed by atoms with Crippen molar-refractivity contribution in [3.8, 4) is 11.1 Å². The van der Waals surface area contributed by atoms with E-state index in [4.69, 9.17) is 4.99 Å². The summed E-state index contributed by atoms with van der Waals surface area (Å²) < 4.78 is 0. The van der Waals surface area contributed by atoms with Gasteiger partial charge < -0.3 is 4.98 Å². The Morgan fingerprint density at radius 3 is 2.48 bits per heavy atom. The van der Waals surface area contributed by atoms with Gasteiger partial charge in [0.25, 0.3) is 0 Å². The van der Waals surface area contributed by atoms with E-state index in [1.807, 2.05) is 36.7 Å². The third kappa shape index (κ3) is 1.77. The van der Waals surface area contributed by atoms with E-state index in [2.05, 4.69) is 46.4 Å². The van der Waals surface area contributed by atoms with Crippen LogP contribution in [0.1, 0.15) is 11.1 Å². The SMILES string of the molecule is c1ccc(C2=Nc3ccccc3-c3ccnc4[nH]cc2c34)cc1. The molecule has 0 fully saturated rings. The molecule has 23 heavy (non-hydrogen) atoms. The largest absolute Gasteiger partial charge is 0.345 e. The highest BCUT2D eigenvalue weighted by Gasteiger charge is 2.21. The summed E-state index contributed by atoms with van der Waals surface area (Å²) in [5.74, 6) is 0. The van der Waals surface area contributed by atoms with Crippen molar-refractivity contribution in [1.82, 2.24) is 9.97 Å². The maximum atomic E-state index is 4.99. The number of nitrogens with zero attached hydrogens (tertiary/aromatic N) is 2. The average Bonchev–Trinajstić information content (AvgIpc) is 2.98. The Morgan fingerprint density at radius 1 is 0.739 bits per heavy atom. The van der Waals surface area contributed by atoms with Crippen LogP contribution in [0.5, 0.6) is 0 Å². The number of pyridine rings is 1. The van der Waals surface area contributed by atoms with E-state index in [0.29, 0.717) is 0 Å². The summed E-state index contributed by atoms with van der Waals surface area (Å²) in [4.78, 5) is 12.8. The zero-order chi connectivity index (χ0) is 15.2. The van der Waals surface area contributed by atoms with Crippen LogP contribution in [0.25, 0.3) is 22.2 Å². The molecular formula is C20H13N3. The van der Waals surface area contributed by atoms with E-state index in [0.717, 1.165) is 39.1 Å². The molecule has 0 amide bonds. The Morgan fingerprint density at radius 2 is 1.57 bits per heavy atom. The minimum atomic E-state index is 0.901. The lowest BCUT2D eigenvalue weighted by atomic mass is 9.98. The third-order valence-corrected chi connectivity index (χ3v) is 4.30. The molecular weight excluding hydrogens is 282 g/mol. The Balaban J connectivity index is 1.95. The predicted octanol–water partition coefficient (Wildman–Crippen LogP) is 4.71. The summed E-state index contributed by atoms with van der Waals surface area (Å²) in [6, 6.07) is 20.7. The van der Waals surface area contributed by atoms with E-state index in [-0.39, 0.29) is 0 Å². The second-order valence-electron chi connectivity index (χ2n) is 5.63. The minimum absolute atomic E-state index is 0.901. The van der Waals surface area contributed by atoms with E-state index in [1.54, 1.807) is 0 Å². The molecule has 3 nitrogen and oxygen atoms in total. The Bertz CT molecular complexity index is 1060. The molecule has 0 bridgehead atoms. The third-order valence-electron chi connectivity index (χ3n) is 4.30. The lowest BCUT2D eigenvalue weighted by Gasteiger charge is -2.05. The molecule has 0 atom stereocenters. The fraction of sp³-hybridized carbons (Fsp3) is 0. The van der Waals surface area contributed by atoms with Crippen LogP contribution < -0.4 is 0 Å². The highest BCUT2D eigenvalue weighted by molar-refractivity contribution is 6.23. The van der Waals surface area contributed by atoms with Crippen molar-refractivity contribution in [1.29, 1.82) is 0 Å². The van der Waals surface area contributed by atoms with Crippen LogP contribution in [-0.4, -0.2) is 15.7 Å². The Hall–Kier alpha value is -3.20. The fourth-order valence-electron chi connectivity index (χ4n) is 3.26. The number of H-pyrrole nitrogens is 1. The van der Waals surface area contributed by atoms with Crippen molar-refractivity contribution in [3.63, 3.8) is 0 Å². The molecule has 0 saturated heterocycles. The van der Waals surface area contributed by atoms with Crippen molar-refractivity contribution in [2.75, 3.05) is 0 Å². The zero-order valence-electron chi connectivity index (χ0n) is 12.3. The highest BCUT2D eigenvalue weighted by atomic mass is 14.9. The number of benzene rings is 2. The highest BCUT2D eigenvalue weighted by Crippen LogP contribution is 2.40. The fourth-order valence-corrected chi connectivity index (χ4v) is 3.26. The Labute approximate surface area is 133 Å². The molecule has 0 radical (unpaired) electrons. The lowest BCUT2D eigenvalue weighted by molar-refractivity contribution is 1.32. The van der Waals surface area contributed by atoms with Gasteiger partial charge in [0.2, 0.25) is 0 Å². The maximum absolute atomic E-state index is 4.99. The first kappa shape index (κ1) is 12.4. The van der Waals surface area contributed by atoms with Crippen LogP contribution in [0.2, 0.25) is 0 Å². The van der Waals surface area contributed by atoms with Crippen LogP contribution in [0, 0.1) is 0 Å². The molecule has 0 spiro atoms. The van der Waals surface area contributed by atoms with Crippen molar-refractivity contribution in [2.24, 2.45) is 4.99 Å². The molecule has 3 heteroatoms. The van der Waals surface area contributed by atoms with Gasteiger partial charge in [-0.3, -0.25) is 0 Å². The van der Waals surface area contributed by atoms with Crippen LogP contribution in [0.3, 0.4) is 0 Å². The van der Waals surface area contributed by atoms with Gasteiger partial charge in [0, 0.05) is 34.5 Å². The summed E-state index contributed by atoms with van der Waals surface area (Å²) in [6.45, 7) is 0. The van der Waals surface area contributed by atoms with E-state index in [1.165, 1.54) is 5.56 Å². The van der Waals surface area contributed by atoms with Gasteiger partial charge in [-0.2, -0.15) is 0 Å². The number of hydrogen-bond donors (Lipinski definition) is 1. The van der Waals surface area contributed by atoms with Gasteiger partial charge in [-0.1, -0.05) is 48.5 Å². The molecule has 3 heterocycles. The van der Waals surface area contributed by atoms with Gasteiger partial charge >= 0.3 is 0 Å². The number of aromatic amines is 1. The van der Waals surface area contributed by atoms with Crippen LogP contribution in [0.15, 0.2) is 78.0 Å². The molecule has 1 aliphatic heterocycles. The smallest absolute Gasteiger partial charge is 0.138 e. The molecule has 0 aliphatic carbocycles. The quantitative estimate of drug-likeness (QED) is 0.478. The first-order chi connectivity index (χ1) is 11.4. The van der Waals surface area contributed by atoms with Crippen LogP contribution in [0.4, 0.5) is 5.69 Å². The number of para-hydroxylation sites is 1. The van der Waals surface area contributed by atoms with Crippen LogP contribution in [-0.2, 0) is 0 Å². The van der Waals surface area contributed by atoms with Crippen molar-refractivity contribution < 1.29 is 0 Å². The summed E-state index contributed by atoms with van der Waals surface area (Å²) >= 11 is 0. The molecule has 0 unspecified atom stereocenters. The normalized spacial score (nSPS) is 12.6. The molecule has 1 aliphatic rings. The summed E-state index contributed by atoms with van der Waals surface area (Å²) in [5.41, 5.74) is 7.41. The molecule has 1 N–H and O–H groups in total. The number of rotatable bonds is 1. The second-order valence-corrected chi connectivity index (χ2v) is 5.63. The molecule has 5 rings (SSSR count). The molecule has 0 saturated carbocycles. The van der Waals surface area contributed by atoms with Crippen molar-refractivity contribution in [3.05, 3.63) is 84.2 Å². The second kappa shape index (κ2) is 4.65. The molecule has 2 aromatic carbocycles. The summed E-state index contributed by atoms with van der Waals surface area (Å²) in [6.07, 6.45) is 3.86. The number of fused-ring (bicyclic) bond motifs is 2. The number of aromatic nitrogens is 2. The van der Waals surface area contributed by atoms with Crippen molar-refractivity contribution in [2.45, 2.75) is 0 Å². The average molecular weight is 295 g/mol. The maximum Gasteiger partial charge on any atom is 0.138 e. The van der Waals surface area contributed by atoms with Gasteiger partial charge in [-0.25, -0.2) is 9.98 Å². The lowest BCUT2D eigenvalue weighted by Crippen LogP contribution is -2.01. The van der Waals surface area contributed by atoms with E-state index >= 15 is 0 Å². The zero-order valence-corrected chi connectivity index (χ0v) is 12.3. The van der Waals surface area contributed by atoms with Gasteiger partial charge in [-0.15, -0.1) is 0 Å². The number of aliphatic imine (C=N–C) groups is 1. The van der Waals surface area contributed by atoms with Crippen LogP contribution >= 0.6 is 0 Å². The predicted molar refractivity (Wildman–Crippen MR) is 93.3 cm³/mol. The topological polar surface area (TPSA) is 41.0 Å². The standard InChI is InChI=1S/C20H13N3/c1-2-6-13(7-3-1)19-16-12-22-20-18(16)15(10-11-21-20)14-8-4-5-9-17(14)23-19/h1-12H,(H,21,22). The number of nitrogens with one attached hydrogen (secondary N) is 1. The molecule has 108 valence electrons. The van der Waals surface area contributed by atoms with Gasteiger partial charge in [-0.05, 0) is 17.7 Å². The first-order valence-corrected chi connectivity index (χ1v) is 7.62.